The first-order valence-electron chi connectivity index (χ1n) is 9.73. The maximum atomic E-state index is 9.98. The molecule has 0 saturated carbocycles. The Balaban J connectivity index is 1.97. The minimum atomic E-state index is -0.210. The SMILES string of the molecule is COc1ccc(-c2nc(CO)c(N3CCC(C)(C(C)N)CC3)nc2C)c(Cl)c1Cl. The van der Waals surface area contributed by atoms with Crippen molar-refractivity contribution in [2.75, 3.05) is 25.1 Å². The molecule has 1 unspecified atom stereocenters. The van der Waals surface area contributed by atoms with Gasteiger partial charge in [-0.1, -0.05) is 30.1 Å². The second-order valence-corrected chi connectivity index (χ2v) is 8.72. The summed E-state index contributed by atoms with van der Waals surface area (Å²) < 4.78 is 5.22. The highest BCUT2D eigenvalue weighted by molar-refractivity contribution is 6.44. The Morgan fingerprint density at radius 3 is 2.45 bits per heavy atom. The molecule has 0 aliphatic carbocycles. The maximum absolute atomic E-state index is 9.98. The molecule has 0 spiro atoms. The number of aromatic nitrogens is 2. The van der Waals surface area contributed by atoms with Crippen LogP contribution in [0.1, 0.15) is 38.1 Å². The molecule has 0 amide bonds. The zero-order valence-corrected chi connectivity index (χ0v) is 18.8. The number of nitrogens with two attached hydrogens (primary N) is 1. The van der Waals surface area contributed by atoms with Crippen molar-refractivity contribution in [1.82, 2.24) is 9.97 Å². The van der Waals surface area contributed by atoms with E-state index in [1.54, 1.807) is 12.1 Å². The summed E-state index contributed by atoms with van der Waals surface area (Å²) >= 11 is 12.8. The molecule has 2 heterocycles. The van der Waals surface area contributed by atoms with Gasteiger partial charge in [0.25, 0.3) is 0 Å². The smallest absolute Gasteiger partial charge is 0.153 e. The van der Waals surface area contributed by atoms with Crippen LogP contribution in [-0.4, -0.2) is 41.3 Å². The highest BCUT2D eigenvalue weighted by Gasteiger charge is 2.34. The summed E-state index contributed by atoms with van der Waals surface area (Å²) in [6.07, 6.45) is 1.94. The van der Waals surface area contributed by atoms with Gasteiger partial charge in [0.2, 0.25) is 0 Å². The first-order chi connectivity index (χ1) is 13.7. The van der Waals surface area contributed by atoms with Crippen LogP contribution in [-0.2, 0) is 6.61 Å². The lowest BCUT2D eigenvalue weighted by Gasteiger charge is -2.42. The Bertz CT molecular complexity index is 897. The molecule has 6 nitrogen and oxygen atoms in total. The van der Waals surface area contributed by atoms with Crippen molar-refractivity contribution >= 4 is 29.0 Å². The lowest BCUT2D eigenvalue weighted by atomic mass is 9.75. The lowest BCUT2D eigenvalue weighted by Crippen LogP contribution is -2.47. The second-order valence-electron chi connectivity index (χ2n) is 7.96. The van der Waals surface area contributed by atoms with Gasteiger partial charge < -0.3 is 20.5 Å². The van der Waals surface area contributed by atoms with Crippen molar-refractivity contribution in [3.05, 3.63) is 33.6 Å². The minimum absolute atomic E-state index is 0.117. The third-order valence-corrected chi connectivity index (χ3v) is 6.96. The summed E-state index contributed by atoms with van der Waals surface area (Å²) in [5.74, 6) is 1.21. The van der Waals surface area contributed by atoms with E-state index >= 15 is 0 Å². The zero-order chi connectivity index (χ0) is 21.3. The molecular formula is C21H28Cl2N4O2. The summed E-state index contributed by atoms with van der Waals surface area (Å²) in [5, 5.41) is 10.7. The van der Waals surface area contributed by atoms with Crippen LogP contribution in [0.3, 0.4) is 0 Å². The van der Waals surface area contributed by atoms with Crippen molar-refractivity contribution in [2.24, 2.45) is 11.1 Å². The van der Waals surface area contributed by atoms with Gasteiger partial charge in [-0.25, -0.2) is 9.97 Å². The Morgan fingerprint density at radius 1 is 1.24 bits per heavy atom. The lowest BCUT2D eigenvalue weighted by molar-refractivity contribution is 0.204. The van der Waals surface area contributed by atoms with E-state index in [0.717, 1.165) is 37.4 Å². The molecule has 1 atom stereocenters. The standard InChI is InChI=1S/C21H28Cl2N4O2/c1-12-19(14-5-6-16(29-4)18(23)17(14)22)26-15(11-28)20(25-12)27-9-7-21(3,8-10-27)13(2)24/h5-6,13,28H,7-11,24H2,1-4H3. The van der Waals surface area contributed by atoms with Gasteiger partial charge in [-0.2, -0.15) is 0 Å². The molecule has 1 saturated heterocycles. The zero-order valence-electron chi connectivity index (χ0n) is 17.3. The number of hydrogen-bond acceptors (Lipinski definition) is 6. The third kappa shape index (κ3) is 4.17. The number of methoxy groups -OCH3 is 1. The summed E-state index contributed by atoms with van der Waals surface area (Å²) in [4.78, 5) is 11.7. The molecule has 8 heteroatoms. The van der Waals surface area contributed by atoms with Crippen LogP contribution in [0, 0.1) is 12.3 Å². The van der Waals surface area contributed by atoms with Crippen LogP contribution >= 0.6 is 23.2 Å². The van der Waals surface area contributed by atoms with Crippen molar-refractivity contribution in [3.63, 3.8) is 0 Å². The Hall–Kier alpha value is -1.60. The minimum Gasteiger partial charge on any atom is -0.495 e. The van der Waals surface area contributed by atoms with E-state index in [2.05, 4.69) is 18.7 Å². The van der Waals surface area contributed by atoms with Crippen LogP contribution in [0.4, 0.5) is 5.82 Å². The monoisotopic (exact) mass is 438 g/mol. The van der Waals surface area contributed by atoms with E-state index in [4.69, 9.17) is 43.6 Å². The number of benzene rings is 1. The van der Waals surface area contributed by atoms with E-state index in [1.165, 1.54) is 7.11 Å². The van der Waals surface area contributed by atoms with E-state index in [9.17, 15) is 5.11 Å². The van der Waals surface area contributed by atoms with E-state index in [1.807, 2.05) is 6.92 Å². The van der Waals surface area contributed by atoms with Crippen LogP contribution in [0.2, 0.25) is 10.0 Å². The van der Waals surface area contributed by atoms with E-state index in [-0.39, 0.29) is 18.1 Å². The summed E-state index contributed by atoms with van der Waals surface area (Å²) in [7, 11) is 1.54. The molecule has 3 rings (SSSR count). The van der Waals surface area contributed by atoms with Gasteiger partial charge in [-0.3, -0.25) is 0 Å². The third-order valence-electron chi connectivity index (χ3n) is 6.10. The molecule has 1 aromatic carbocycles. The molecule has 1 aromatic heterocycles. The molecule has 1 aliphatic heterocycles. The summed E-state index contributed by atoms with van der Waals surface area (Å²) in [5.41, 5.74) is 8.80. The number of piperidine rings is 1. The van der Waals surface area contributed by atoms with E-state index in [0.29, 0.717) is 32.7 Å². The largest absolute Gasteiger partial charge is 0.495 e. The first-order valence-corrected chi connectivity index (χ1v) is 10.5. The van der Waals surface area contributed by atoms with Crippen LogP contribution < -0.4 is 15.4 Å². The van der Waals surface area contributed by atoms with Gasteiger partial charge in [0.15, 0.2) is 5.82 Å². The van der Waals surface area contributed by atoms with E-state index < -0.39 is 0 Å². The van der Waals surface area contributed by atoms with Gasteiger partial charge in [0.05, 0.1) is 30.1 Å². The van der Waals surface area contributed by atoms with Gasteiger partial charge in [0, 0.05) is 24.7 Å². The molecule has 29 heavy (non-hydrogen) atoms. The topological polar surface area (TPSA) is 84.5 Å². The highest BCUT2D eigenvalue weighted by Crippen LogP contribution is 2.41. The number of aryl methyl sites for hydroxylation is 1. The molecule has 1 aliphatic rings. The van der Waals surface area contributed by atoms with Crippen molar-refractivity contribution in [1.29, 1.82) is 0 Å². The Labute approximate surface area is 182 Å². The number of nitrogens with zero attached hydrogens (tertiary/aromatic N) is 3. The fourth-order valence-electron chi connectivity index (χ4n) is 3.71. The van der Waals surface area contributed by atoms with Crippen LogP contribution in [0.25, 0.3) is 11.3 Å². The van der Waals surface area contributed by atoms with Gasteiger partial charge in [-0.05, 0) is 44.2 Å². The van der Waals surface area contributed by atoms with Crippen molar-refractivity contribution < 1.29 is 9.84 Å². The maximum Gasteiger partial charge on any atom is 0.153 e. The quantitative estimate of drug-likeness (QED) is 0.726. The molecule has 0 radical (unpaired) electrons. The average molecular weight is 439 g/mol. The fraction of sp³-hybridized carbons (Fsp3) is 0.524. The number of hydrogen-bond donors (Lipinski definition) is 2. The number of rotatable bonds is 5. The highest BCUT2D eigenvalue weighted by atomic mass is 35.5. The van der Waals surface area contributed by atoms with Crippen molar-refractivity contribution in [3.8, 4) is 17.0 Å². The van der Waals surface area contributed by atoms with Crippen LogP contribution in [0.15, 0.2) is 12.1 Å². The predicted octanol–water partition coefficient (Wildman–Crippen LogP) is 4.21. The number of aliphatic hydroxyl groups excluding tert-OH is 1. The molecule has 2 aromatic rings. The molecule has 158 valence electrons. The van der Waals surface area contributed by atoms with Crippen molar-refractivity contribution in [2.45, 2.75) is 46.3 Å². The molecule has 0 bridgehead atoms. The number of ether oxygens (including phenoxy) is 1. The number of anilines is 1. The summed E-state index contributed by atoms with van der Waals surface area (Å²) in [6.45, 7) is 7.63. The van der Waals surface area contributed by atoms with Gasteiger partial charge in [-0.15, -0.1) is 0 Å². The molecule has 3 N–H and O–H groups in total. The summed E-state index contributed by atoms with van der Waals surface area (Å²) in [6, 6.07) is 3.69. The predicted molar refractivity (Wildman–Crippen MR) is 118 cm³/mol. The number of aliphatic hydroxyl groups is 1. The Kier molecular flexibility index (Phi) is 6.58. The first kappa shape index (κ1) is 22.1. The molecular weight excluding hydrogens is 411 g/mol. The fourth-order valence-corrected chi connectivity index (χ4v) is 4.20. The van der Waals surface area contributed by atoms with Gasteiger partial charge in [0.1, 0.15) is 16.5 Å². The second kappa shape index (κ2) is 8.64. The molecule has 1 fully saturated rings. The van der Waals surface area contributed by atoms with Crippen LogP contribution in [0.5, 0.6) is 5.75 Å². The Morgan fingerprint density at radius 2 is 1.90 bits per heavy atom. The average Bonchev–Trinajstić information content (AvgIpc) is 2.70. The van der Waals surface area contributed by atoms with Gasteiger partial charge >= 0.3 is 0 Å². The normalized spacial score (nSPS) is 17.3. The number of halogens is 2.